The predicted octanol–water partition coefficient (Wildman–Crippen LogP) is 5.94. The molecule has 3 heteroatoms. The summed E-state index contributed by atoms with van der Waals surface area (Å²) in [5, 5.41) is 0.268. The van der Waals surface area contributed by atoms with Gasteiger partial charge in [0.15, 0.2) is 0 Å². The molecule has 0 amide bonds. The molecule has 0 bridgehead atoms. The summed E-state index contributed by atoms with van der Waals surface area (Å²) in [4.78, 5) is 0. The smallest absolute Gasteiger partial charge is 0.238 e. The third-order valence-electron chi connectivity index (χ3n) is 4.83. The first-order valence-electron chi connectivity index (χ1n) is 9.85. The summed E-state index contributed by atoms with van der Waals surface area (Å²) in [7, 11) is 0. The molecule has 0 nitrogen and oxygen atoms in total. The SMILES string of the molecule is CC(C)(C)C=Cc1ccc(C=CB2SB(C(C)(C)C)c3ccccc32)cc1. The molecule has 0 saturated carbocycles. The molecule has 138 valence electrons. The van der Waals surface area contributed by atoms with Crippen LogP contribution in [0.3, 0.4) is 0 Å². The number of hydrogen-bond donors (Lipinski definition) is 0. The molecule has 2 aromatic rings. The number of hydrogen-bond acceptors (Lipinski definition) is 1. The van der Waals surface area contributed by atoms with Crippen molar-refractivity contribution >= 4 is 46.5 Å². The molecule has 1 heterocycles. The maximum Gasteiger partial charge on any atom is 0.256 e. The van der Waals surface area contributed by atoms with Gasteiger partial charge < -0.3 is 0 Å². The Balaban J connectivity index is 1.76. The summed E-state index contributed by atoms with van der Waals surface area (Å²) in [6.07, 6.45) is 6.75. The Bertz CT molecular complexity index is 836. The molecule has 0 radical (unpaired) electrons. The number of rotatable bonds is 3. The van der Waals surface area contributed by atoms with Crippen molar-refractivity contribution in [2.75, 3.05) is 0 Å². The molecule has 0 fully saturated rings. The Morgan fingerprint density at radius 3 is 1.85 bits per heavy atom. The molecule has 1 aliphatic heterocycles. The summed E-state index contributed by atoms with van der Waals surface area (Å²) in [6.45, 7) is 13.7. The minimum Gasteiger partial charge on any atom is -0.238 e. The topological polar surface area (TPSA) is 0 Å². The highest BCUT2D eigenvalue weighted by Crippen LogP contribution is 2.37. The lowest BCUT2D eigenvalue weighted by atomic mass is 9.47. The van der Waals surface area contributed by atoms with E-state index in [1.54, 1.807) is 0 Å². The molecule has 0 aliphatic carbocycles. The zero-order chi connectivity index (χ0) is 19.7. The van der Waals surface area contributed by atoms with E-state index in [9.17, 15) is 0 Å². The first kappa shape index (κ1) is 20.1. The molecular formula is C24H30B2S. The third-order valence-corrected chi connectivity index (χ3v) is 6.77. The summed E-state index contributed by atoms with van der Waals surface area (Å²) >= 11 is 2.08. The average Bonchev–Trinajstić information content (AvgIpc) is 2.98. The molecule has 3 rings (SSSR count). The molecule has 0 spiro atoms. The molecule has 0 N–H and O–H groups in total. The fourth-order valence-electron chi connectivity index (χ4n) is 3.38. The molecule has 0 saturated heterocycles. The van der Waals surface area contributed by atoms with Crippen LogP contribution in [-0.2, 0) is 0 Å². The van der Waals surface area contributed by atoms with Crippen LogP contribution in [0.5, 0.6) is 0 Å². The fourth-order valence-corrected chi connectivity index (χ4v) is 4.98. The van der Waals surface area contributed by atoms with Gasteiger partial charge in [0.2, 0.25) is 5.99 Å². The molecule has 0 unspecified atom stereocenters. The van der Waals surface area contributed by atoms with Gasteiger partial charge in [0.25, 0.3) is 5.99 Å². The van der Waals surface area contributed by atoms with Crippen LogP contribution in [0, 0.1) is 5.41 Å². The first-order chi connectivity index (χ1) is 12.6. The van der Waals surface area contributed by atoms with Crippen molar-refractivity contribution in [3.63, 3.8) is 0 Å². The van der Waals surface area contributed by atoms with Gasteiger partial charge in [0.1, 0.15) is 0 Å². The second-order valence-electron chi connectivity index (χ2n) is 9.66. The fraction of sp³-hybridized carbons (Fsp3) is 0.333. The lowest BCUT2D eigenvalue weighted by molar-refractivity contribution is 0.547. The van der Waals surface area contributed by atoms with E-state index in [4.69, 9.17) is 0 Å². The van der Waals surface area contributed by atoms with E-state index >= 15 is 0 Å². The Labute approximate surface area is 170 Å². The van der Waals surface area contributed by atoms with Crippen LogP contribution in [0.1, 0.15) is 52.7 Å². The van der Waals surface area contributed by atoms with Gasteiger partial charge in [-0.3, -0.25) is 0 Å². The molecule has 2 aromatic carbocycles. The van der Waals surface area contributed by atoms with Crippen LogP contribution >= 0.6 is 11.5 Å². The van der Waals surface area contributed by atoms with Gasteiger partial charge in [-0.2, -0.15) is 0 Å². The van der Waals surface area contributed by atoms with Gasteiger partial charge in [0, 0.05) is 0 Å². The lowest BCUT2D eigenvalue weighted by Gasteiger charge is -2.24. The van der Waals surface area contributed by atoms with E-state index in [0.717, 1.165) is 0 Å². The summed E-state index contributed by atoms with van der Waals surface area (Å²) in [5.74, 6) is 3.36. The Hall–Kier alpha value is -1.60. The highest BCUT2D eigenvalue weighted by atomic mass is 32.2. The van der Waals surface area contributed by atoms with Gasteiger partial charge in [0.05, 0.1) is 0 Å². The van der Waals surface area contributed by atoms with E-state index in [0.29, 0.717) is 12.0 Å². The molecule has 27 heavy (non-hydrogen) atoms. The highest BCUT2D eigenvalue weighted by molar-refractivity contribution is 8.48. The van der Waals surface area contributed by atoms with E-state index in [-0.39, 0.29) is 10.7 Å². The summed E-state index contributed by atoms with van der Waals surface area (Å²) in [6, 6.07) is 17.8. The van der Waals surface area contributed by atoms with Crippen molar-refractivity contribution < 1.29 is 0 Å². The zero-order valence-corrected chi connectivity index (χ0v) is 18.3. The summed E-state index contributed by atoms with van der Waals surface area (Å²) < 4.78 is 0. The second kappa shape index (κ2) is 7.80. The van der Waals surface area contributed by atoms with Gasteiger partial charge in [-0.15, -0.1) is 0 Å². The van der Waals surface area contributed by atoms with Crippen molar-refractivity contribution in [3.8, 4) is 0 Å². The van der Waals surface area contributed by atoms with Gasteiger partial charge in [-0.05, 0) is 21.9 Å². The Morgan fingerprint density at radius 2 is 1.30 bits per heavy atom. The largest absolute Gasteiger partial charge is 0.256 e. The summed E-state index contributed by atoms with van der Waals surface area (Å²) in [5.41, 5.74) is 5.72. The lowest BCUT2D eigenvalue weighted by Crippen LogP contribution is -2.39. The van der Waals surface area contributed by atoms with Crippen molar-refractivity contribution in [3.05, 3.63) is 71.7 Å². The van der Waals surface area contributed by atoms with Crippen molar-refractivity contribution in [2.45, 2.75) is 46.9 Å². The minimum absolute atomic E-state index is 0.218. The quantitative estimate of drug-likeness (QED) is 0.601. The van der Waals surface area contributed by atoms with Gasteiger partial charge >= 0.3 is 0 Å². The van der Waals surface area contributed by atoms with Crippen molar-refractivity contribution in [1.82, 2.24) is 0 Å². The van der Waals surface area contributed by atoms with E-state index < -0.39 is 0 Å². The first-order valence-corrected chi connectivity index (χ1v) is 10.8. The van der Waals surface area contributed by atoms with Crippen LogP contribution in [0.15, 0.2) is 60.6 Å². The second-order valence-corrected chi connectivity index (χ2v) is 10.9. The van der Waals surface area contributed by atoms with Gasteiger partial charge in [-0.1, -0.05) is 125 Å². The van der Waals surface area contributed by atoms with Crippen LogP contribution in [0.4, 0.5) is 0 Å². The van der Waals surface area contributed by atoms with Crippen molar-refractivity contribution in [1.29, 1.82) is 0 Å². The normalized spacial score (nSPS) is 15.2. The Morgan fingerprint density at radius 1 is 0.741 bits per heavy atom. The van der Waals surface area contributed by atoms with E-state index in [1.165, 1.54) is 22.1 Å². The van der Waals surface area contributed by atoms with Crippen LogP contribution in [-0.4, -0.2) is 12.0 Å². The van der Waals surface area contributed by atoms with Crippen molar-refractivity contribution in [2.24, 2.45) is 5.41 Å². The maximum atomic E-state index is 2.37. The standard InChI is InChI=1S/C24H30B2S/c1-23(2,3)17-15-19-11-13-20(14-12-19)16-18-25-21-9-7-8-10-22(21)26(27-25)24(4,5)6/h7-18H,1-6H3. The highest BCUT2D eigenvalue weighted by Gasteiger charge is 2.41. The molecular weight excluding hydrogens is 342 g/mol. The molecule has 0 atom stereocenters. The number of allylic oxidation sites excluding steroid dienone is 1. The van der Waals surface area contributed by atoms with Crippen LogP contribution < -0.4 is 10.9 Å². The van der Waals surface area contributed by atoms with E-state index in [1.807, 2.05) is 0 Å². The van der Waals surface area contributed by atoms with Gasteiger partial charge in [-0.25, -0.2) is 11.5 Å². The average molecular weight is 372 g/mol. The van der Waals surface area contributed by atoms with Crippen LogP contribution in [0.2, 0.25) is 5.31 Å². The Kier molecular flexibility index (Phi) is 5.82. The molecule has 0 aromatic heterocycles. The third kappa shape index (κ3) is 5.23. The van der Waals surface area contributed by atoms with Crippen LogP contribution in [0.25, 0.3) is 12.2 Å². The zero-order valence-electron chi connectivity index (χ0n) is 17.5. The minimum atomic E-state index is 0.218. The maximum absolute atomic E-state index is 2.37. The number of benzene rings is 2. The monoisotopic (exact) mass is 372 g/mol. The van der Waals surface area contributed by atoms with E-state index in [2.05, 4.69) is 126 Å². The number of fused-ring (bicyclic) bond motifs is 1. The molecule has 1 aliphatic rings. The predicted molar refractivity (Wildman–Crippen MR) is 128 cm³/mol.